The minimum atomic E-state index is -2.14. The monoisotopic (exact) mass is 272 g/mol. The van der Waals surface area contributed by atoms with Crippen molar-refractivity contribution >= 4 is 5.78 Å². The van der Waals surface area contributed by atoms with Crippen molar-refractivity contribution in [1.82, 2.24) is 0 Å². The number of unbranched alkanes of at least 4 members (excludes halogenated alkanes) is 10. The number of hydrogen-bond donors (Lipinski definition) is 2. The summed E-state index contributed by atoms with van der Waals surface area (Å²) in [5.41, 5.74) is 0. The molecule has 0 atom stereocenters. The van der Waals surface area contributed by atoms with E-state index in [1.54, 1.807) is 0 Å². The van der Waals surface area contributed by atoms with Gasteiger partial charge >= 0.3 is 0 Å². The summed E-state index contributed by atoms with van der Waals surface area (Å²) in [6.07, 6.45) is 13.8. The molecule has 0 radical (unpaired) electrons. The fourth-order valence-electron chi connectivity index (χ4n) is 2.19. The summed E-state index contributed by atoms with van der Waals surface area (Å²) < 4.78 is 0. The zero-order valence-corrected chi connectivity index (χ0v) is 12.8. The minimum absolute atomic E-state index is 0.278. The van der Waals surface area contributed by atoms with Crippen LogP contribution in [0.15, 0.2) is 0 Å². The second kappa shape index (κ2) is 11.4. The molecule has 0 aliphatic rings. The van der Waals surface area contributed by atoms with Crippen LogP contribution in [0.5, 0.6) is 0 Å². The van der Waals surface area contributed by atoms with Crippen molar-refractivity contribution in [2.24, 2.45) is 0 Å². The Balaban J connectivity index is 3.17. The van der Waals surface area contributed by atoms with Gasteiger partial charge in [-0.2, -0.15) is 0 Å². The van der Waals surface area contributed by atoms with Crippen LogP contribution in [-0.2, 0) is 4.79 Å². The number of ketones is 1. The van der Waals surface area contributed by atoms with Crippen LogP contribution in [0.3, 0.4) is 0 Å². The van der Waals surface area contributed by atoms with Crippen molar-refractivity contribution in [2.45, 2.75) is 96.7 Å². The first-order valence-corrected chi connectivity index (χ1v) is 7.96. The van der Waals surface area contributed by atoms with Crippen LogP contribution < -0.4 is 0 Å². The van der Waals surface area contributed by atoms with Crippen LogP contribution in [0.25, 0.3) is 0 Å². The van der Waals surface area contributed by atoms with Crippen LogP contribution >= 0.6 is 0 Å². The second-order valence-electron chi connectivity index (χ2n) is 5.73. The van der Waals surface area contributed by atoms with Gasteiger partial charge in [-0.3, -0.25) is 4.79 Å². The van der Waals surface area contributed by atoms with Crippen molar-refractivity contribution < 1.29 is 15.0 Å². The number of carbonyl (C=O) groups is 1. The molecule has 0 aromatic rings. The zero-order valence-electron chi connectivity index (χ0n) is 12.8. The first-order valence-electron chi connectivity index (χ1n) is 7.96. The van der Waals surface area contributed by atoms with Gasteiger partial charge in [0.2, 0.25) is 5.79 Å². The van der Waals surface area contributed by atoms with E-state index in [4.69, 9.17) is 10.2 Å². The fraction of sp³-hybridized carbons (Fsp3) is 0.938. The maximum absolute atomic E-state index is 11.2. The third-order valence-electron chi connectivity index (χ3n) is 3.54. The Kier molecular flexibility index (Phi) is 11.2. The third-order valence-corrected chi connectivity index (χ3v) is 3.54. The molecule has 0 fully saturated rings. The molecule has 0 heterocycles. The molecular weight excluding hydrogens is 240 g/mol. The average molecular weight is 272 g/mol. The zero-order chi connectivity index (χ0) is 14.6. The molecule has 0 aromatic heterocycles. The van der Waals surface area contributed by atoms with E-state index >= 15 is 0 Å². The van der Waals surface area contributed by atoms with Gasteiger partial charge in [-0.1, -0.05) is 71.1 Å². The Labute approximate surface area is 118 Å². The molecule has 0 aromatic carbocycles. The van der Waals surface area contributed by atoms with Gasteiger partial charge in [-0.05, 0) is 13.3 Å². The van der Waals surface area contributed by atoms with Crippen molar-refractivity contribution in [1.29, 1.82) is 0 Å². The quantitative estimate of drug-likeness (QED) is 0.394. The Bertz CT molecular complexity index is 219. The second-order valence-corrected chi connectivity index (χ2v) is 5.73. The third kappa shape index (κ3) is 12.4. The molecule has 2 N–H and O–H groups in total. The fourth-order valence-corrected chi connectivity index (χ4v) is 2.19. The summed E-state index contributed by atoms with van der Waals surface area (Å²) >= 11 is 0. The van der Waals surface area contributed by atoms with Crippen LogP contribution in [0.2, 0.25) is 0 Å². The largest absolute Gasteiger partial charge is 0.360 e. The number of carbonyl (C=O) groups excluding carboxylic acids is 1. The van der Waals surface area contributed by atoms with Crippen molar-refractivity contribution in [3.05, 3.63) is 0 Å². The molecule has 0 rings (SSSR count). The molecule has 114 valence electrons. The van der Waals surface area contributed by atoms with Crippen LogP contribution in [0.1, 0.15) is 90.9 Å². The lowest BCUT2D eigenvalue weighted by molar-refractivity contribution is -0.175. The summed E-state index contributed by atoms with van der Waals surface area (Å²) in [5.74, 6) is -2.61. The lowest BCUT2D eigenvalue weighted by Gasteiger charge is -2.13. The molecular formula is C16H32O3. The van der Waals surface area contributed by atoms with Gasteiger partial charge < -0.3 is 10.2 Å². The maximum atomic E-state index is 11.2. The number of Topliss-reactive ketones (excluding diaryl/α,β-unsaturated/α-hetero) is 1. The lowest BCUT2D eigenvalue weighted by atomic mass is 10.0. The van der Waals surface area contributed by atoms with Crippen molar-refractivity contribution in [3.8, 4) is 0 Å². The van der Waals surface area contributed by atoms with E-state index < -0.39 is 11.6 Å². The SMILES string of the molecule is CCCCCCCCCCCCCC(=O)C(C)(O)O. The van der Waals surface area contributed by atoms with E-state index in [9.17, 15) is 4.79 Å². The highest BCUT2D eigenvalue weighted by molar-refractivity contribution is 5.84. The standard InChI is InChI=1S/C16H32O3/c1-3-4-5-6-7-8-9-10-11-12-13-14-15(17)16(2,18)19/h18-19H,3-14H2,1-2H3. The summed E-state index contributed by atoms with van der Waals surface area (Å²) in [4.78, 5) is 11.2. The van der Waals surface area contributed by atoms with Crippen molar-refractivity contribution in [3.63, 3.8) is 0 Å². The maximum Gasteiger partial charge on any atom is 0.220 e. The van der Waals surface area contributed by atoms with Gasteiger partial charge in [0.1, 0.15) is 0 Å². The van der Waals surface area contributed by atoms with E-state index in [0.717, 1.165) is 26.2 Å². The van der Waals surface area contributed by atoms with Crippen LogP contribution in [-0.4, -0.2) is 21.8 Å². The van der Waals surface area contributed by atoms with E-state index in [1.165, 1.54) is 51.4 Å². The van der Waals surface area contributed by atoms with E-state index in [-0.39, 0.29) is 6.42 Å². The molecule has 19 heavy (non-hydrogen) atoms. The number of rotatable bonds is 13. The molecule has 0 saturated heterocycles. The highest BCUT2D eigenvalue weighted by atomic mass is 16.5. The van der Waals surface area contributed by atoms with Gasteiger partial charge in [0, 0.05) is 6.42 Å². The van der Waals surface area contributed by atoms with Gasteiger partial charge in [-0.15, -0.1) is 0 Å². The number of hydrogen-bond acceptors (Lipinski definition) is 3. The van der Waals surface area contributed by atoms with Gasteiger partial charge in [0.05, 0.1) is 0 Å². The Morgan fingerprint density at radius 2 is 1.16 bits per heavy atom. The molecule has 3 heteroatoms. The molecule has 0 aliphatic carbocycles. The summed E-state index contributed by atoms with van der Waals surface area (Å²) in [6, 6.07) is 0. The van der Waals surface area contributed by atoms with Crippen molar-refractivity contribution in [2.75, 3.05) is 0 Å². The van der Waals surface area contributed by atoms with E-state index in [0.29, 0.717) is 0 Å². The molecule has 3 nitrogen and oxygen atoms in total. The topological polar surface area (TPSA) is 57.5 Å². The van der Waals surface area contributed by atoms with Gasteiger partial charge in [-0.25, -0.2) is 0 Å². The molecule has 0 saturated carbocycles. The predicted octanol–water partition coefficient (Wildman–Crippen LogP) is 3.96. The molecule has 0 aliphatic heterocycles. The molecule has 0 amide bonds. The summed E-state index contributed by atoms with van der Waals surface area (Å²) in [5, 5.41) is 18.1. The number of aliphatic hydroxyl groups is 2. The highest BCUT2D eigenvalue weighted by Gasteiger charge is 2.24. The highest BCUT2D eigenvalue weighted by Crippen LogP contribution is 2.13. The molecule has 0 unspecified atom stereocenters. The van der Waals surface area contributed by atoms with Crippen LogP contribution in [0, 0.1) is 0 Å². The first kappa shape index (κ1) is 18.6. The normalized spacial score (nSPS) is 11.8. The first-order chi connectivity index (χ1) is 8.98. The Morgan fingerprint density at radius 3 is 1.53 bits per heavy atom. The summed E-state index contributed by atoms with van der Waals surface area (Å²) in [6.45, 7) is 3.37. The lowest BCUT2D eigenvalue weighted by Crippen LogP contribution is -2.34. The predicted molar refractivity (Wildman–Crippen MR) is 78.9 cm³/mol. The Hall–Kier alpha value is -0.410. The Morgan fingerprint density at radius 1 is 0.789 bits per heavy atom. The minimum Gasteiger partial charge on any atom is -0.360 e. The van der Waals surface area contributed by atoms with E-state index in [2.05, 4.69) is 6.92 Å². The summed E-state index contributed by atoms with van der Waals surface area (Å²) in [7, 11) is 0. The van der Waals surface area contributed by atoms with E-state index in [1.807, 2.05) is 0 Å². The van der Waals surface area contributed by atoms with Crippen LogP contribution in [0.4, 0.5) is 0 Å². The smallest absolute Gasteiger partial charge is 0.220 e. The van der Waals surface area contributed by atoms with Gasteiger partial charge in [0.25, 0.3) is 0 Å². The average Bonchev–Trinajstić information content (AvgIpc) is 2.34. The van der Waals surface area contributed by atoms with Gasteiger partial charge in [0.15, 0.2) is 5.78 Å². The molecule has 0 bridgehead atoms. The molecule has 0 spiro atoms.